The van der Waals surface area contributed by atoms with Crippen LogP contribution in [0, 0.1) is 0 Å². The molecule has 0 amide bonds. The van der Waals surface area contributed by atoms with Gasteiger partial charge in [0, 0.05) is 6.92 Å². The Morgan fingerprint density at radius 1 is 1.06 bits per heavy atom. The Labute approximate surface area is 103 Å². The Kier molecular flexibility index (Phi) is 11.3. The highest BCUT2D eigenvalue weighted by molar-refractivity contribution is 5.65. The maximum atomic E-state index is 12.5. The Bertz CT molecular complexity index is 186. The first-order valence-electron chi connectivity index (χ1n) is 6.50. The molecule has 4 heteroatoms. The Hall–Kier alpha value is -0.670. The largest absolute Gasteiger partial charge is 0.466 e. The minimum atomic E-state index is -1.27. The van der Waals surface area contributed by atoms with E-state index in [1.807, 2.05) is 0 Å². The average molecular weight is 250 g/mol. The van der Waals surface area contributed by atoms with Crippen LogP contribution in [0.1, 0.15) is 58.3 Å². The minimum Gasteiger partial charge on any atom is -0.466 e. The summed E-state index contributed by atoms with van der Waals surface area (Å²) in [6.07, 6.45) is 6.12. The van der Waals surface area contributed by atoms with Gasteiger partial charge < -0.3 is 4.74 Å². The van der Waals surface area contributed by atoms with E-state index >= 15 is 0 Å². The number of hydrogen-bond donors (Lipinski definition) is 0. The molecule has 2 nitrogen and oxygen atoms in total. The first kappa shape index (κ1) is 16.3. The predicted molar refractivity (Wildman–Crippen MR) is 64.4 cm³/mol. The molecule has 1 atom stereocenters. The summed E-state index contributed by atoms with van der Waals surface area (Å²) in [5, 5.41) is 0. The normalized spacial score (nSPS) is 12.4. The molecule has 102 valence electrons. The molecule has 0 radical (unpaired) electrons. The lowest BCUT2D eigenvalue weighted by molar-refractivity contribution is -0.141. The number of esters is 1. The average Bonchev–Trinajstić information content (AvgIpc) is 2.30. The molecule has 0 bridgehead atoms. The predicted octanol–water partition coefficient (Wildman–Crippen LogP) is 3.98. The Balaban J connectivity index is 3.01. The van der Waals surface area contributed by atoms with E-state index in [0.29, 0.717) is 13.0 Å². The van der Waals surface area contributed by atoms with Crippen LogP contribution < -0.4 is 0 Å². The maximum Gasteiger partial charge on any atom is 0.302 e. The number of ether oxygens (including phenoxy) is 1. The molecule has 0 rings (SSSR count). The number of carbonyl (C=O) groups excluding carboxylic acids is 1. The van der Waals surface area contributed by atoms with Gasteiger partial charge in [-0.1, -0.05) is 38.5 Å². The molecule has 0 aromatic rings. The van der Waals surface area contributed by atoms with Gasteiger partial charge in [0.15, 0.2) is 0 Å². The number of hydrogen-bond acceptors (Lipinski definition) is 2. The van der Waals surface area contributed by atoms with Crippen molar-refractivity contribution in [3.63, 3.8) is 0 Å². The number of halogens is 2. The zero-order chi connectivity index (χ0) is 12.9. The smallest absolute Gasteiger partial charge is 0.302 e. The quantitative estimate of drug-likeness (QED) is 0.409. The number of carbonyl (C=O) groups is 1. The van der Waals surface area contributed by atoms with Crippen LogP contribution in [0.25, 0.3) is 0 Å². The highest BCUT2D eigenvalue weighted by atomic mass is 19.2. The fraction of sp³-hybridized carbons (Fsp3) is 0.923. The number of unbranched alkanes of at least 4 members (excludes halogenated alkanes) is 6. The molecule has 0 saturated heterocycles. The highest BCUT2D eigenvalue weighted by Crippen LogP contribution is 2.11. The van der Waals surface area contributed by atoms with E-state index in [1.165, 1.54) is 6.92 Å². The van der Waals surface area contributed by atoms with Gasteiger partial charge >= 0.3 is 5.97 Å². The Morgan fingerprint density at radius 2 is 1.59 bits per heavy atom. The molecule has 0 saturated carbocycles. The summed E-state index contributed by atoms with van der Waals surface area (Å²) < 4.78 is 29.1. The highest BCUT2D eigenvalue weighted by Gasteiger charge is 2.03. The SMILES string of the molecule is CC(=O)OCCCCCCCCCC(F)CF. The van der Waals surface area contributed by atoms with Crippen molar-refractivity contribution in [1.29, 1.82) is 0 Å². The third-order valence-electron chi connectivity index (χ3n) is 2.63. The van der Waals surface area contributed by atoms with Crippen LogP contribution in [0.2, 0.25) is 0 Å². The zero-order valence-electron chi connectivity index (χ0n) is 10.7. The lowest BCUT2D eigenvalue weighted by Crippen LogP contribution is -2.01. The molecule has 17 heavy (non-hydrogen) atoms. The van der Waals surface area contributed by atoms with Crippen molar-refractivity contribution < 1.29 is 18.3 Å². The second kappa shape index (κ2) is 11.8. The van der Waals surface area contributed by atoms with Crippen LogP contribution >= 0.6 is 0 Å². The van der Waals surface area contributed by atoms with Crippen molar-refractivity contribution >= 4 is 5.97 Å². The van der Waals surface area contributed by atoms with Gasteiger partial charge in [0.2, 0.25) is 0 Å². The molecule has 0 fully saturated rings. The molecule has 0 N–H and O–H groups in total. The summed E-state index contributed by atoms with van der Waals surface area (Å²) in [4.78, 5) is 10.5. The van der Waals surface area contributed by atoms with Crippen LogP contribution in [0.3, 0.4) is 0 Å². The van der Waals surface area contributed by atoms with Crippen molar-refractivity contribution in [1.82, 2.24) is 0 Å². The summed E-state index contributed by atoms with van der Waals surface area (Å²) in [7, 11) is 0. The molecule has 0 heterocycles. The monoisotopic (exact) mass is 250 g/mol. The van der Waals surface area contributed by atoms with E-state index in [1.54, 1.807) is 0 Å². The van der Waals surface area contributed by atoms with Gasteiger partial charge in [-0.25, -0.2) is 8.78 Å². The van der Waals surface area contributed by atoms with Gasteiger partial charge in [-0.3, -0.25) is 4.79 Å². The van der Waals surface area contributed by atoms with Crippen molar-refractivity contribution in [3.8, 4) is 0 Å². The van der Waals surface area contributed by atoms with E-state index < -0.39 is 12.8 Å². The minimum absolute atomic E-state index is 0.223. The van der Waals surface area contributed by atoms with Gasteiger partial charge in [0.25, 0.3) is 0 Å². The van der Waals surface area contributed by atoms with Gasteiger partial charge in [0.05, 0.1) is 6.61 Å². The maximum absolute atomic E-state index is 12.5. The molecule has 0 spiro atoms. The summed E-state index contributed by atoms with van der Waals surface area (Å²) in [5.41, 5.74) is 0. The molecular weight excluding hydrogens is 226 g/mol. The topological polar surface area (TPSA) is 26.3 Å². The van der Waals surface area contributed by atoms with Crippen LogP contribution in [0.4, 0.5) is 8.78 Å². The van der Waals surface area contributed by atoms with Crippen LogP contribution in [-0.2, 0) is 9.53 Å². The van der Waals surface area contributed by atoms with Crippen molar-refractivity contribution in [2.45, 2.75) is 64.5 Å². The molecular formula is C13H24F2O2. The standard InChI is InChI=1S/C13H24F2O2/c1-12(16)17-10-8-6-4-2-3-5-7-9-13(15)11-14/h13H,2-11H2,1H3. The van der Waals surface area contributed by atoms with Crippen molar-refractivity contribution in [2.24, 2.45) is 0 Å². The lowest BCUT2D eigenvalue weighted by atomic mass is 10.1. The Morgan fingerprint density at radius 3 is 2.12 bits per heavy atom. The second-order valence-corrected chi connectivity index (χ2v) is 4.36. The van der Waals surface area contributed by atoms with E-state index in [0.717, 1.165) is 44.9 Å². The summed E-state index contributed by atoms with van der Waals surface area (Å²) >= 11 is 0. The molecule has 0 aliphatic heterocycles. The van der Waals surface area contributed by atoms with Crippen LogP contribution in [0.15, 0.2) is 0 Å². The van der Waals surface area contributed by atoms with Crippen LogP contribution in [0.5, 0.6) is 0 Å². The molecule has 0 aliphatic carbocycles. The van der Waals surface area contributed by atoms with Gasteiger partial charge in [-0.15, -0.1) is 0 Å². The van der Waals surface area contributed by atoms with E-state index in [4.69, 9.17) is 4.74 Å². The fourth-order valence-corrected chi connectivity index (χ4v) is 1.64. The van der Waals surface area contributed by atoms with Gasteiger partial charge in [-0.2, -0.15) is 0 Å². The molecule has 0 aromatic carbocycles. The van der Waals surface area contributed by atoms with Gasteiger partial charge in [-0.05, 0) is 12.8 Å². The lowest BCUT2D eigenvalue weighted by Gasteiger charge is -2.04. The zero-order valence-corrected chi connectivity index (χ0v) is 10.7. The third-order valence-corrected chi connectivity index (χ3v) is 2.63. The van der Waals surface area contributed by atoms with Crippen molar-refractivity contribution in [2.75, 3.05) is 13.3 Å². The molecule has 0 aliphatic rings. The third kappa shape index (κ3) is 13.3. The molecule has 0 aromatic heterocycles. The number of rotatable bonds is 11. The van der Waals surface area contributed by atoms with E-state index in [9.17, 15) is 13.6 Å². The van der Waals surface area contributed by atoms with E-state index in [2.05, 4.69) is 0 Å². The first-order valence-corrected chi connectivity index (χ1v) is 6.50. The van der Waals surface area contributed by atoms with Gasteiger partial charge in [0.1, 0.15) is 12.8 Å². The summed E-state index contributed by atoms with van der Waals surface area (Å²) in [6.45, 7) is 1.07. The second-order valence-electron chi connectivity index (χ2n) is 4.36. The van der Waals surface area contributed by atoms with E-state index in [-0.39, 0.29) is 5.97 Å². The molecule has 1 unspecified atom stereocenters. The fourth-order valence-electron chi connectivity index (χ4n) is 1.64. The van der Waals surface area contributed by atoms with Crippen LogP contribution in [-0.4, -0.2) is 25.4 Å². The summed E-state index contributed by atoms with van der Waals surface area (Å²) in [6, 6.07) is 0. The van der Waals surface area contributed by atoms with Crippen molar-refractivity contribution in [3.05, 3.63) is 0 Å². The number of alkyl halides is 2. The first-order chi connectivity index (χ1) is 8.16. The summed E-state index contributed by atoms with van der Waals surface area (Å²) in [5.74, 6) is -0.223.